The number of halogens is 1. The fraction of sp³-hybridized carbons (Fsp3) is 0.438. The maximum Gasteiger partial charge on any atom is 0.261 e. The Hall–Kier alpha value is -1.96. The maximum atomic E-state index is 12.5. The molecule has 24 heavy (non-hydrogen) atoms. The Morgan fingerprint density at radius 3 is 2.71 bits per heavy atom. The van der Waals surface area contributed by atoms with Crippen LogP contribution in [0.3, 0.4) is 0 Å². The molecule has 3 rings (SSSR count). The molecule has 1 saturated heterocycles. The second-order valence-electron chi connectivity index (χ2n) is 5.66. The molecular formula is C16H20ClN3O4. The lowest BCUT2D eigenvalue weighted by Crippen LogP contribution is -2.36. The zero-order valence-corrected chi connectivity index (χ0v) is 13.9. The Bertz CT molecular complexity index is 659. The lowest BCUT2D eigenvalue weighted by molar-refractivity contribution is 0.0475. The predicted octanol–water partition coefficient (Wildman–Crippen LogP) is 0.572. The monoisotopic (exact) mass is 353 g/mol. The van der Waals surface area contributed by atoms with Crippen LogP contribution in [0, 0.1) is 0 Å². The second-order valence-corrected chi connectivity index (χ2v) is 5.66. The summed E-state index contributed by atoms with van der Waals surface area (Å²) in [5.41, 5.74) is 6.30. The summed E-state index contributed by atoms with van der Waals surface area (Å²) in [6, 6.07) is 4.55. The van der Waals surface area contributed by atoms with Gasteiger partial charge >= 0.3 is 0 Å². The van der Waals surface area contributed by atoms with E-state index in [1.165, 1.54) is 17.0 Å². The highest BCUT2D eigenvalue weighted by molar-refractivity contribution is 6.22. The second kappa shape index (κ2) is 7.74. The highest BCUT2D eigenvalue weighted by Crippen LogP contribution is 2.26. The first-order valence-electron chi connectivity index (χ1n) is 7.72. The highest BCUT2D eigenvalue weighted by atomic mass is 35.5. The van der Waals surface area contributed by atoms with E-state index in [-0.39, 0.29) is 48.3 Å². The van der Waals surface area contributed by atoms with Crippen LogP contribution in [0.25, 0.3) is 0 Å². The smallest absolute Gasteiger partial charge is 0.261 e. The van der Waals surface area contributed by atoms with Gasteiger partial charge in [0.05, 0.1) is 23.8 Å². The van der Waals surface area contributed by atoms with Crippen LogP contribution < -0.4 is 11.1 Å². The Kier molecular flexibility index (Phi) is 5.93. The summed E-state index contributed by atoms with van der Waals surface area (Å²) < 4.78 is 5.49. The van der Waals surface area contributed by atoms with Gasteiger partial charge in [-0.2, -0.15) is 0 Å². The molecule has 2 aliphatic heterocycles. The normalized spacial score (nSPS) is 19.2. The average Bonchev–Trinajstić information content (AvgIpc) is 3.15. The molecule has 0 bridgehead atoms. The third kappa shape index (κ3) is 3.43. The average molecular weight is 354 g/mol. The van der Waals surface area contributed by atoms with Crippen molar-refractivity contribution < 1.29 is 19.1 Å². The lowest BCUT2D eigenvalue weighted by atomic mass is 10.1. The number of nitrogens with one attached hydrogen (secondary N) is 1. The summed E-state index contributed by atoms with van der Waals surface area (Å²) >= 11 is 0. The van der Waals surface area contributed by atoms with E-state index in [1.807, 2.05) is 0 Å². The first-order chi connectivity index (χ1) is 11.1. The largest absolute Gasteiger partial charge is 0.376 e. The topological polar surface area (TPSA) is 102 Å². The quantitative estimate of drug-likeness (QED) is 0.754. The number of carbonyl (C=O) groups is 3. The van der Waals surface area contributed by atoms with Gasteiger partial charge in [-0.3, -0.25) is 19.3 Å². The maximum absolute atomic E-state index is 12.5. The van der Waals surface area contributed by atoms with Crippen molar-refractivity contribution >= 4 is 30.1 Å². The van der Waals surface area contributed by atoms with Crippen molar-refractivity contribution in [3.05, 3.63) is 34.9 Å². The summed E-state index contributed by atoms with van der Waals surface area (Å²) in [7, 11) is 0. The molecule has 3 N–H and O–H groups in total. The molecule has 3 amide bonds. The van der Waals surface area contributed by atoms with Crippen molar-refractivity contribution in [1.29, 1.82) is 0 Å². The summed E-state index contributed by atoms with van der Waals surface area (Å²) in [5, 5.41) is 2.64. The Morgan fingerprint density at radius 2 is 2.04 bits per heavy atom. The molecule has 8 heteroatoms. The number of carbonyl (C=O) groups excluding carboxylic acids is 3. The Balaban J connectivity index is 0.00000208. The van der Waals surface area contributed by atoms with Crippen molar-refractivity contribution in [2.45, 2.75) is 18.9 Å². The predicted molar refractivity (Wildman–Crippen MR) is 89.4 cm³/mol. The first kappa shape index (κ1) is 18.4. The van der Waals surface area contributed by atoms with Gasteiger partial charge < -0.3 is 15.8 Å². The number of rotatable bonds is 5. The SMILES string of the molecule is Cl.NCCNC(=O)c1ccc2c(c1)C(=O)N(CC1CCCO1)C2=O. The van der Waals surface area contributed by atoms with Crippen molar-refractivity contribution in [3.63, 3.8) is 0 Å². The van der Waals surface area contributed by atoms with Crippen LogP contribution in [-0.4, -0.2) is 55.0 Å². The molecular weight excluding hydrogens is 334 g/mol. The van der Waals surface area contributed by atoms with E-state index in [9.17, 15) is 14.4 Å². The van der Waals surface area contributed by atoms with Gasteiger partial charge in [0, 0.05) is 25.3 Å². The van der Waals surface area contributed by atoms with Crippen LogP contribution in [0.5, 0.6) is 0 Å². The molecule has 2 heterocycles. The van der Waals surface area contributed by atoms with Gasteiger partial charge in [0.2, 0.25) is 0 Å². The number of hydrogen-bond donors (Lipinski definition) is 2. The Morgan fingerprint density at radius 1 is 1.29 bits per heavy atom. The molecule has 7 nitrogen and oxygen atoms in total. The van der Waals surface area contributed by atoms with E-state index in [0.29, 0.717) is 30.8 Å². The van der Waals surface area contributed by atoms with Gasteiger partial charge in [-0.15, -0.1) is 12.4 Å². The molecule has 1 aromatic rings. The van der Waals surface area contributed by atoms with E-state index >= 15 is 0 Å². The van der Waals surface area contributed by atoms with Crippen molar-refractivity contribution in [2.24, 2.45) is 5.73 Å². The molecule has 1 unspecified atom stereocenters. The zero-order chi connectivity index (χ0) is 16.4. The van der Waals surface area contributed by atoms with Gasteiger partial charge in [-0.05, 0) is 31.0 Å². The number of nitrogens with zero attached hydrogens (tertiary/aromatic N) is 1. The van der Waals surface area contributed by atoms with Gasteiger partial charge in [-0.25, -0.2) is 0 Å². The minimum absolute atomic E-state index is 0. The van der Waals surface area contributed by atoms with Crippen LogP contribution in [0.15, 0.2) is 18.2 Å². The summed E-state index contributed by atoms with van der Waals surface area (Å²) in [6.45, 7) is 1.62. The molecule has 2 aliphatic rings. The first-order valence-corrected chi connectivity index (χ1v) is 7.72. The molecule has 0 spiro atoms. The van der Waals surface area contributed by atoms with Gasteiger partial charge in [-0.1, -0.05) is 0 Å². The lowest BCUT2D eigenvalue weighted by Gasteiger charge is -2.17. The molecule has 0 radical (unpaired) electrons. The van der Waals surface area contributed by atoms with E-state index in [1.54, 1.807) is 6.07 Å². The standard InChI is InChI=1S/C16H19N3O4.ClH/c17-5-6-18-14(20)10-3-4-12-13(8-10)16(22)19(15(12)21)9-11-2-1-7-23-11;/h3-4,8,11H,1-2,5-7,9,17H2,(H,18,20);1H. The molecule has 0 saturated carbocycles. The van der Waals surface area contributed by atoms with Crippen LogP contribution in [0.2, 0.25) is 0 Å². The van der Waals surface area contributed by atoms with E-state index in [2.05, 4.69) is 5.32 Å². The Labute approximate surface area is 145 Å². The molecule has 1 aromatic carbocycles. The molecule has 0 aromatic heterocycles. The van der Waals surface area contributed by atoms with Crippen molar-refractivity contribution in [1.82, 2.24) is 10.2 Å². The number of hydrogen-bond acceptors (Lipinski definition) is 5. The molecule has 1 atom stereocenters. The van der Waals surface area contributed by atoms with Crippen LogP contribution in [0.4, 0.5) is 0 Å². The number of amides is 3. The number of imide groups is 1. The van der Waals surface area contributed by atoms with Crippen molar-refractivity contribution in [2.75, 3.05) is 26.2 Å². The fourth-order valence-electron chi connectivity index (χ4n) is 2.88. The van der Waals surface area contributed by atoms with Gasteiger partial charge in [0.25, 0.3) is 17.7 Å². The van der Waals surface area contributed by atoms with Crippen LogP contribution in [-0.2, 0) is 4.74 Å². The van der Waals surface area contributed by atoms with Crippen molar-refractivity contribution in [3.8, 4) is 0 Å². The third-order valence-electron chi connectivity index (χ3n) is 4.07. The van der Waals surface area contributed by atoms with Gasteiger partial charge in [0.15, 0.2) is 0 Å². The molecule has 0 aliphatic carbocycles. The number of ether oxygens (including phenoxy) is 1. The zero-order valence-electron chi connectivity index (χ0n) is 13.1. The van der Waals surface area contributed by atoms with E-state index in [4.69, 9.17) is 10.5 Å². The fourth-order valence-corrected chi connectivity index (χ4v) is 2.88. The van der Waals surface area contributed by atoms with Crippen LogP contribution >= 0.6 is 12.4 Å². The number of nitrogens with two attached hydrogens (primary N) is 1. The molecule has 130 valence electrons. The third-order valence-corrected chi connectivity index (χ3v) is 4.07. The summed E-state index contributed by atoms with van der Waals surface area (Å²) in [6.07, 6.45) is 1.70. The minimum Gasteiger partial charge on any atom is -0.376 e. The molecule has 1 fully saturated rings. The van der Waals surface area contributed by atoms with E-state index < -0.39 is 0 Å². The number of fused-ring (bicyclic) bond motifs is 1. The van der Waals surface area contributed by atoms with Crippen LogP contribution in [0.1, 0.15) is 43.9 Å². The van der Waals surface area contributed by atoms with Gasteiger partial charge in [0.1, 0.15) is 0 Å². The van der Waals surface area contributed by atoms with E-state index in [0.717, 1.165) is 12.8 Å². The highest BCUT2D eigenvalue weighted by Gasteiger charge is 2.37. The summed E-state index contributed by atoms with van der Waals surface area (Å²) in [4.78, 5) is 38.0. The summed E-state index contributed by atoms with van der Waals surface area (Å²) in [5.74, 6) is -1.00. The minimum atomic E-state index is -0.367. The number of benzene rings is 1.